The number of carbonyl (C=O) groups excluding carboxylic acids is 3. The SMILES string of the molecule is CCOC(=O)C1=CCCC[C@H]1S(=O)(=O)Nc1ccc(C(=O)[C@](C)(F)CC(=O)OC)cc1Cl. The van der Waals surface area contributed by atoms with Gasteiger partial charge in [0.2, 0.25) is 10.0 Å². The molecule has 0 heterocycles. The van der Waals surface area contributed by atoms with E-state index in [2.05, 4.69) is 9.46 Å². The number of nitrogens with one attached hydrogen (secondary N) is 1. The highest BCUT2D eigenvalue weighted by molar-refractivity contribution is 7.93. The number of Topliss-reactive ketones (excluding diaryl/α,β-unsaturated/α-hetero) is 1. The second-order valence-corrected chi connectivity index (χ2v) is 9.69. The standard InChI is InChI=1S/C21H25ClFNO7S/c1-4-31-20(27)14-7-5-6-8-17(14)32(28,29)24-16-10-9-13(11-15(16)22)19(26)21(2,23)12-18(25)30-3/h7,9-11,17,24H,4-6,8,12H2,1-3H3/t17-,21-/m1/s1. The van der Waals surface area contributed by atoms with E-state index in [0.29, 0.717) is 12.8 Å². The number of esters is 2. The highest BCUT2D eigenvalue weighted by atomic mass is 35.5. The zero-order valence-electron chi connectivity index (χ0n) is 17.9. The summed E-state index contributed by atoms with van der Waals surface area (Å²) < 4.78 is 52.3. The van der Waals surface area contributed by atoms with E-state index in [-0.39, 0.29) is 34.9 Å². The van der Waals surface area contributed by atoms with Gasteiger partial charge in [0, 0.05) is 5.56 Å². The van der Waals surface area contributed by atoms with Crippen LogP contribution in [0.2, 0.25) is 5.02 Å². The number of carbonyl (C=O) groups is 3. The Hall–Kier alpha value is -2.46. The Bertz CT molecular complexity index is 1040. The van der Waals surface area contributed by atoms with Crippen molar-refractivity contribution in [2.24, 2.45) is 0 Å². The summed E-state index contributed by atoms with van der Waals surface area (Å²) >= 11 is 6.15. The average molecular weight is 490 g/mol. The Morgan fingerprint density at radius 2 is 2.00 bits per heavy atom. The van der Waals surface area contributed by atoms with Gasteiger partial charge in [-0.25, -0.2) is 17.6 Å². The molecular weight excluding hydrogens is 465 g/mol. The summed E-state index contributed by atoms with van der Waals surface area (Å²) in [4.78, 5) is 36.0. The molecule has 0 radical (unpaired) electrons. The topological polar surface area (TPSA) is 116 Å². The van der Waals surface area contributed by atoms with Crippen molar-refractivity contribution in [3.63, 3.8) is 0 Å². The fourth-order valence-electron chi connectivity index (χ4n) is 3.29. The number of rotatable bonds is 9. The molecule has 1 aliphatic rings. The molecule has 1 aromatic carbocycles. The molecule has 1 aromatic rings. The third kappa shape index (κ3) is 6.07. The summed E-state index contributed by atoms with van der Waals surface area (Å²) in [6, 6.07) is 3.53. The molecule has 0 aliphatic heterocycles. The molecule has 2 atom stereocenters. The molecule has 0 bridgehead atoms. The lowest BCUT2D eigenvalue weighted by Gasteiger charge is -2.24. The highest BCUT2D eigenvalue weighted by Gasteiger charge is 2.38. The quantitative estimate of drug-likeness (QED) is 0.416. The number of benzene rings is 1. The first-order valence-electron chi connectivity index (χ1n) is 9.91. The maximum atomic E-state index is 14.7. The van der Waals surface area contributed by atoms with Crippen LogP contribution in [0.15, 0.2) is 29.8 Å². The molecule has 32 heavy (non-hydrogen) atoms. The smallest absolute Gasteiger partial charge is 0.335 e. The number of ether oxygens (including phenoxy) is 2. The third-order valence-corrected chi connectivity index (χ3v) is 6.98. The molecule has 0 unspecified atom stereocenters. The van der Waals surface area contributed by atoms with E-state index in [9.17, 15) is 27.2 Å². The van der Waals surface area contributed by atoms with Crippen LogP contribution in [0.25, 0.3) is 0 Å². The minimum atomic E-state index is -4.08. The summed E-state index contributed by atoms with van der Waals surface area (Å²) in [5.74, 6) is -2.58. The van der Waals surface area contributed by atoms with E-state index in [1.165, 1.54) is 12.1 Å². The van der Waals surface area contributed by atoms with Crippen LogP contribution in [-0.2, 0) is 29.1 Å². The van der Waals surface area contributed by atoms with Crippen molar-refractivity contribution in [2.75, 3.05) is 18.4 Å². The van der Waals surface area contributed by atoms with Crippen molar-refractivity contribution in [1.29, 1.82) is 0 Å². The van der Waals surface area contributed by atoms with Gasteiger partial charge in [-0.15, -0.1) is 0 Å². The molecule has 1 aliphatic carbocycles. The number of methoxy groups -OCH3 is 1. The number of hydrogen-bond acceptors (Lipinski definition) is 7. The van der Waals surface area contributed by atoms with Crippen molar-refractivity contribution in [3.05, 3.63) is 40.4 Å². The lowest BCUT2D eigenvalue weighted by atomic mass is 9.93. The number of ketones is 1. The summed E-state index contributed by atoms with van der Waals surface area (Å²) in [5.41, 5.74) is -2.65. The Morgan fingerprint density at radius 1 is 1.31 bits per heavy atom. The van der Waals surface area contributed by atoms with Gasteiger partial charge in [-0.1, -0.05) is 17.7 Å². The molecule has 0 aromatic heterocycles. The zero-order chi connectivity index (χ0) is 24.1. The number of halogens is 2. The maximum absolute atomic E-state index is 14.7. The maximum Gasteiger partial charge on any atom is 0.335 e. The largest absolute Gasteiger partial charge is 0.469 e. The molecule has 0 saturated heterocycles. The zero-order valence-corrected chi connectivity index (χ0v) is 19.5. The van der Waals surface area contributed by atoms with Crippen LogP contribution >= 0.6 is 11.6 Å². The van der Waals surface area contributed by atoms with E-state index in [1.54, 1.807) is 13.0 Å². The average Bonchev–Trinajstić information content (AvgIpc) is 2.74. The van der Waals surface area contributed by atoms with Crippen LogP contribution in [0.1, 0.15) is 49.9 Å². The van der Waals surface area contributed by atoms with Gasteiger partial charge < -0.3 is 9.47 Å². The number of allylic oxidation sites excluding steroid dienone is 1. The van der Waals surface area contributed by atoms with Crippen LogP contribution in [0.4, 0.5) is 10.1 Å². The molecule has 0 spiro atoms. The first-order chi connectivity index (χ1) is 14.9. The van der Waals surface area contributed by atoms with E-state index < -0.39 is 45.1 Å². The van der Waals surface area contributed by atoms with Gasteiger partial charge in [0.25, 0.3) is 0 Å². The fourth-order valence-corrected chi connectivity index (χ4v) is 5.20. The van der Waals surface area contributed by atoms with Crippen LogP contribution in [-0.4, -0.2) is 50.8 Å². The Morgan fingerprint density at radius 3 is 2.59 bits per heavy atom. The molecule has 0 fully saturated rings. The van der Waals surface area contributed by atoms with Gasteiger partial charge in [-0.3, -0.25) is 14.3 Å². The predicted molar refractivity (Wildman–Crippen MR) is 117 cm³/mol. The Labute approximate surface area is 191 Å². The predicted octanol–water partition coefficient (Wildman–Crippen LogP) is 3.60. The van der Waals surface area contributed by atoms with Crippen molar-refractivity contribution in [1.82, 2.24) is 0 Å². The number of alkyl halides is 1. The molecule has 1 N–H and O–H groups in total. The Kier molecular flexibility index (Phi) is 8.41. The number of sulfonamides is 1. The minimum absolute atomic E-state index is 0.0365. The van der Waals surface area contributed by atoms with Crippen molar-refractivity contribution in [3.8, 4) is 0 Å². The van der Waals surface area contributed by atoms with Crippen LogP contribution in [0, 0.1) is 0 Å². The first-order valence-corrected chi connectivity index (χ1v) is 11.8. The van der Waals surface area contributed by atoms with Gasteiger partial charge in [-0.2, -0.15) is 0 Å². The van der Waals surface area contributed by atoms with Gasteiger partial charge in [0.15, 0.2) is 11.5 Å². The van der Waals surface area contributed by atoms with Crippen LogP contribution in [0.3, 0.4) is 0 Å². The van der Waals surface area contributed by atoms with Gasteiger partial charge >= 0.3 is 11.9 Å². The minimum Gasteiger partial charge on any atom is -0.469 e. The molecule has 176 valence electrons. The van der Waals surface area contributed by atoms with Crippen LogP contribution in [0.5, 0.6) is 0 Å². The summed E-state index contributed by atoms with van der Waals surface area (Å²) in [7, 11) is -3.00. The van der Waals surface area contributed by atoms with E-state index in [4.69, 9.17) is 16.3 Å². The second-order valence-electron chi connectivity index (χ2n) is 7.42. The van der Waals surface area contributed by atoms with E-state index in [0.717, 1.165) is 20.1 Å². The second kappa shape index (κ2) is 10.4. The number of anilines is 1. The molecule has 11 heteroatoms. The van der Waals surface area contributed by atoms with E-state index in [1.807, 2.05) is 0 Å². The summed E-state index contributed by atoms with van der Waals surface area (Å²) in [6.45, 7) is 2.68. The summed E-state index contributed by atoms with van der Waals surface area (Å²) in [6.07, 6.45) is 2.13. The highest BCUT2D eigenvalue weighted by Crippen LogP contribution is 2.32. The normalized spacial score (nSPS) is 18.2. The third-order valence-electron chi connectivity index (χ3n) is 4.93. The van der Waals surface area contributed by atoms with Gasteiger partial charge in [0.05, 0.1) is 36.4 Å². The van der Waals surface area contributed by atoms with Gasteiger partial charge in [0.1, 0.15) is 5.25 Å². The van der Waals surface area contributed by atoms with Crippen LogP contribution < -0.4 is 4.72 Å². The van der Waals surface area contributed by atoms with Gasteiger partial charge in [-0.05, 0) is 51.3 Å². The van der Waals surface area contributed by atoms with E-state index >= 15 is 0 Å². The molecule has 0 amide bonds. The lowest BCUT2D eigenvalue weighted by molar-refractivity contribution is -0.143. The fraction of sp³-hybridized carbons (Fsp3) is 0.476. The monoisotopic (exact) mass is 489 g/mol. The Balaban J connectivity index is 2.25. The van der Waals surface area contributed by atoms with Crippen molar-refractivity contribution >= 4 is 45.0 Å². The van der Waals surface area contributed by atoms with Crippen molar-refractivity contribution in [2.45, 2.75) is 50.4 Å². The molecular formula is C21H25ClFNO7S. The molecule has 8 nitrogen and oxygen atoms in total. The first kappa shape index (κ1) is 25.8. The van der Waals surface area contributed by atoms with Crippen molar-refractivity contribution < 1.29 is 36.7 Å². The molecule has 0 saturated carbocycles. The molecule has 2 rings (SSSR count). The number of hydrogen-bond donors (Lipinski definition) is 1. The lowest BCUT2D eigenvalue weighted by Crippen LogP contribution is -2.35. The summed E-state index contributed by atoms with van der Waals surface area (Å²) in [5, 5.41) is -1.27.